The number of hydrogen-bond donors (Lipinski definition) is 1. The van der Waals surface area contributed by atoms with Crippen LogP contribution >= 0.6 is 0 Å². The van der Waals surface area contributed by atoms with Crippen molar-refractivity contribution >= 4 is 16.9 Å². The van der Waals surface area contributed by atoms with E-state index in [1.165, 1.54) is 11.1 Å². The minimum atomic E-state index is -0.193. The van der Waals surface area contributed by atoms with E-state index in [0.717, 1.165) is 16.5 Å². The molecule has 1 atom stereocenters. The van der Waals surface area contributed by atoms with E-state index in [0.29, 0.717) is 5.76 Å². The molecular formula is C19H19NO2. The molecule has 3 heteroatoms. The first-order valence-electron chi connectivity index (χ1n) is 7.41. The number of hydrogen-bond acceptors (Lipinski definition) is 2. The quantitative estimate of drug-likeness (QED) is 0.770. The van der Waals surface area contributed by atoms with Crippen molar-refractivity contribution in [2.75, 3.05) is 0 Å². The number of amides is 1. The Morgan fingerprint density at radius 1 is 1.05 bits per heavy atom. The molecular weight excluding hydrogens is 274 g/mol. The summed E-state index contributed by atoms with van der Waals surface area (Å²) in [6, 6.07) is 15.6. The van der Waals surface area contributed by atoms with Gasteiger partial charge >= 0.3 is 0 Å². The zero-order valence-corrected chi connectivity index (χ0v) is 13.0. The maximum atomic E-state index is 12.3. The number of aryl methyl sites for hydroxylation is 2. The summed E-state index contributed by atoms with van der Waals surface area (Å²) in [5.41, 5.74) is 4.29. The number of benzene rings is 2. The van der Waals surface area contributed by atoms with Crippen molar-refractivity contribution in [3.8, 4) is 0 Å². The normalized spacial score (nSPS) is 12.3. The van der Waals surface area contributed by atoms with Gasteiger partial charge in [-0.2, -0.15) is 0 Å². The minimum Gasteiger partial charge on any atom is -0.451 e. The van der Waals surface area contributed by atoms with E-state index in [1.54, 1.807) is 6.07 Å². The lowest BCUT2D eigenvalue weighted by molar-refractivity contribution is 0.0914. The first kappa shape index (κ1) is 14.4. The molecule has 0 unspecified atom stereocenters. The van der Waals surface area contributed by atoms with E-state index in [-0.39, 0.29) is 11.9 Å². The maximum Gasteiger partial charge on any atom is 0.287 e. The van der Waals surface area contributed by atoms with Crippen LogP contribution in [0.4, 0.5) is 0 Å². The van der Waals surface area contributed by atoms with Crippen LogP contribution in [0.1, 0.15) is 40.2 Å². The third-order valence-corrected chi connectivity index (χ3v) is 4.03. The summed E-state index contributed by atoms with van der Waals surface area (Å²) in [7, 11) is 0. The molecule has 3 nitrogen and oxygen atoms in total. The van der Waals surface area contributed by atoms with Crippen LogP contribution in [-0.4, -0.2) is 5.91 Å². The average Bonchev–Trinajstić information content (AvgIpc) is 2.94. The second-order valence-corrected chi connectivity index (χ2v) is 5.69. The molecule has 0 bridgehead atoms. The molecule has 1 amide bonds. The summed E-state index contributed by atoms with van der Waals surface area (Å²) in [5, 5.41) is 3.92. The minimum absolute atomic E-state index is 0.0694. The SMILES string of the molecule is Cc1ccc([C@H](C)NC(=O)c2cc3ccccc3o2)cc1C. The molecule has 0 radical (unpaired) electrons. The van der Waals surface area contributed by atoms with Crippen LogP contribution < -0.4 is 5.32 Å². The molecule has 1 heterocycles. The highest BCUT2D eigenvalue weighted by Gasteiger charge is 2.15. The number of nitrogens with one attached hydrogen (secondary N) is 1. The third-order valence-electron chi connectivity index (χ3n) is 4.03. The highest BCUT2D eigenvalue weighted by Crippen LogP contribution is 2.21. The Hall–Kier alpha value is -2.55. The van der Waals surface area contributed by atoms with E-state index in [2.05, 4.69) is 31.3 Å². The fourth-order valence-corrected chi connectivity index (χ4v) is 2.48. The number of fused-ring (bicyclic) bond motifs is 1. The Morgan fingerprint density at radius 3 is 2.55 bits per heavy atom. The summed E-state index contributed by atoms with van der Waals surface area (Å²) in [4.78, 5) is 12.3. The number of carbonyl (C=O) groups excluding carboxylic acids is 1. The molecule has 0 saturated heterocycles. The first-order valence-corrected chi connectivity index (χ1v) is 7.41. The monoisotopic (exact) mass is 293 g/mol. The lowest BCUT2D eigenvalue weighted by Crippen LogP contribution is -2.26. The standard InChI is InChI=1S/C19H19NO2/c1-12-8-9-15(10-13(12)2)14(3)20-19(21)18-11-16-6-4-5-7-17(16)22-18/h4-11,14H,1-3H3,(H,20,21)/t14-/m0/s1. The first-order chi connectivity index (χ1) is 10.5. The van der Waals surface area contributed by atoms with Crippen molar-refractivity contribution in [3.63, 3.8) is 0 Å². The van der Waals surface area contributed by atoms with Gasteiger partial charge in [-0.15, -0.1) is 0 Å². The Morgan fingerprint density at radius 2 is 1.82 bits per heavy atom. The fraction of sp³-hybridized carbons (Fsp3) is 0.211. The van der Waals surface area contributed by atoms with Crippen molar-refractivity contribution in [1.29, 1.82) is 0 Å². The smallest absolute Gasteiger partial charge is 0.287 e. The molecule has 2 aromatic carbocycles. The van der Waals surface area contributed by atoms with Gasteiger partial charge in [0.15, 0.2) is 5.76 Å². The number of para-hydroxylation sites is 1. The molecule has 1 N–H and O–H groups in total. The Labute approximate surface area is 130 Å². The average molecular weight is 293 g/mol. The lowest BCUT2D eigenvalue weighted by atomic mass is 10.0. The maximum absolute atomic E-state index is 12.3. The van der Waals surface area contributed by atoms with Crippen molar-refractivity contribution < 1.29 is 9.21 Å². The van der Waals surface area contributed by atoms with Crippen molar-refractivity contribution in [2.45, 2.75) is 26.8 Å². The molecule has 112 valence electrons. The topological polar surface area (TPSA) is 42.2 Å². The lowest BCUT2D eigenvalue weighted by Gasteiger charge is -2.14. The molecule has 0 aliphatic heterocycles. The van der Waals surface area contributed by atoms with E-state index < -0.39 is 0 Å². The molecule has 0 spiro atoms. The van der Waals surface area contributed by atoms with Crippen molar-refractivity contribution in [3.05, 3.63) is 71.0 Å². The predicted molar refractivity (Wildman–Crippen MR) is 88.0 cm³/mol. The highest BCUT2D eigenvalue weighted by molar-refractivity contribution is 5.96. The largest absolute Gasteiger partial charge is 0.451 e. The Balaban J connectivity index is 1.79. The molecule has 0 saturated carbocycles. The second kappa shape index (κ2) is 5.68. The molecule has 1 aromatic heterocycles. The number of rotatable bonds is 3. The van der Waals surface area contributed by atoms with Crippen LogP contribution in [0, 0.1) is 13.8 Å². The fourth-order valence-electron chi connectivity index (χ4n) is 2.48. The van der Waals surface area contributed by atoms with Crippen LogP contribution in [0.2, 0.25) is 0 Å². The third kappa shape index (κ3) is 2.75. The summed E-state index contributed by atoms with van der Waals surface area (Å²) in [6.45, 7) is 6.13. The summed E-state index contributed by atoms with van der Waals surface area (Å²) in [6.07, 6.45) is 0. The van der Waals surface area contributed by atoms with Gasteiger partial charge in [-0.3, -0.25) is 4.79 Å². The zero-order chi connectivity index (χ0) is 15.7. The van der Waals surface area contributed by atoms with Crippen LogP contribution in [0.25, 0.3) is 11.0 Å². The van der Waals surface area contributed by atoms with E-state index in [4.69, 9.17) is 4.42 Å². The Bertz CT molecular complexity index is 799. The van der Waals surface area contributed by atoms with Crippen molar-refractivity contribution in [1.82, 2.24) is 5.32 Å². The van der Waals surface area contributed by atoms with Crippen LogP contribution in [0.15, 0.2) is 52.9 Å². The second-order valence-electron chi connectivity index (χ2n) is 5.69. The summed E-state index contributed by atoms with van der Waals surface area (Å²) < 4.78 is 5.60. The Kier molecular flexibility index (Phi) is 3.72. The van der Waals surface area contributed by atoms with Gasteiger partial charge in [-0.1, -0.05) is 36.4 Å². The summed E-state index contributed by atoms with van der Waals surface area (Å²) in [5.74, 6) is 0.152. The van der Waals surface area contributed by atoms with Gasteiger partial charge in [0.25, 0.3) is 5.91 Å². The van der Waals surface area contributed by atoms with Gasteiger partial charge in [0.05, 0.1) is 6.04 Å². The van der Waals surface area contributed by atoms with E-state index >= 15 is 0 Å². The van der Waals surface area contributed by atoms with Gasteiger partial charge < -0.3 is 9.73 Å². The molecule has 0 aliphatic carbocycles. The number of furan rings is 1. The van der Waals surface area contributed by atoms with E-state index in [9.17, 15) is 4.79 Å². The van der Waals surface area contributed by atoms with E-state index in [1.807, 2.05) is 37.3 Å². The van der Waals surface area contributed by atoms with Gasteiger partial charge in [-0.25, -0.2) is 0 Å². The summed E-state index contributed by atoms with van der Waals surface area (Å²) >= 11 is 0. The molecule has 3 aromatic rings. The van der Waals surface area contributed by atoms with Crippen LogP contribution in [-0.2, 0) is 0 Å². The molecule has 3 rings (SSSR count). The molecule has 0 fully saturated rings. The van der Waals surface area contributed by atoms with Gasteiger partial charge in [0.2, 0.25) is 0 Å². The van der Waals surface area contributed by atoms with Crippen molar-refractivity contribution in [2.24, 2.45) is 0 Å². The number of carbonyl (C=O) groups is 1. The van der Waals surface area contributed by atoms with Crippen LogP contribution in [0.5, 0.6) is 0 Å². The van der Waals surface area contributed by atoms with Gasteiger partial charge in [-0.05, 0) is 49.6 Å². The van der Waals surface area contributed by atoms with Gasteiger partial charge in [0.1, 0.15) is 5.58 Å². The zero-order valence-electron chi connectivity index (χ0n) is 13.0. The molecule has 0 aliphatic rings. The highest BCUT2D eigenvalue weighted by atomic mass is 16.3. The molecule has 22 heavy (non-hydrogen) atoms. The predicted octanol–water partition coefficient (Wildman–Crippen LogP) is 4.54. The van der Waals surface area contributed by atoms with Crippen LogP contribution in [0.3, 0.4) is 0 Å². The van der Waals surface area contributed by atoms with Gasteiger partial charge in [0, 0.05) is 5.39 Å².